The molecule has 0 amide bonds. The van der Waals surface area contributed by atoms with Crippen molar-refractivity contribution in [2.75, 3.05) is 0 Å². The molecule has 1 aromatic carbocycles. The van der Waals surface area contributed by atoms with Gasteiger partial charge in [0.15, 0.2) is 0 Å². The van der Waals surface area contributed by atoms with Crippen molar-refractivity contribution >= 4 is 0 Å². The highest BCUT2D eigenvalue weighted by Gasteiger charge is 1.90. The Morgan fingerprint density at radius 2 is 1.93 bits per heavy atom. The van der Waals surface area contributed by atoms with E-state index in [1.165, 1.54) is 0 Å². The number of hydrogen-bond acceptors (Lipinski definition) is 2. The molecule has 2 heteroatoms. The van der Waals surface area contributed by atoms with Crippen LogP contribution >= 0.6 is 0 Å². The van der Waals surface area contributed by atoms with Gasteiger partial charge in [-0.3, -0.25) is 0 Å². The molecule has 0 aliphatic heterocycles. The summed E-state index contributed by atoms with van der Waals surface area (Å²) in [6.45, 7) is 0. The highest BCUT2D eigenvalue weighted by Crippen LogP contribution is 2.15. The van der Waals surface area contributed by atoms with Gasteiger partial charge in [-0.05, 0) is 24.3 Å². The largest absolute Gasteiger partial charge is 0.508 e. The molecule has 0 aliphatic carbocycles. The number of hydrogen-bond donors (Lipinski definition) is 1. The van der Waals surface area contributed by atoms with Crippen molar-refractivity contribution in [3.8, 4) is 35.9 Å². The molecule has 0 aliphatic rings. The first-order valence-electron chi connectivity index (χ1n) is 4.20. The summed E-state index contributed by atoms with van der Waals surface area (Å²) in [7, 11) is 0. The van der Waals surface area contributed by atoms with E-state index in [1.54, 1.807) is 24.3 Å². The second-order valence-electron chi connectivity index (χ2n) is 2.58. The zero-order valence-electron chi connectivity index (χ0n) is 7.66. The molecule has 0 fully saturated rings. The lowest BCUT2D eigenvalue weighted by molar-refractivity contribution is 0.471. The molecular weight excluding hydrogens is 176 g/mol. The molecule has 70 valence electrons. The van der Waals surface area contributed by atoms with Gasteiger partial charge in [0.25, 0.3) is 0 Å². The van der Waals surface area contributed by atoms with Gasteiger partial charge in [0.05, 0.1) is 0 Å². The van der Waals surface area contributed by atoms with Crippen molar-refractivity contribution in [3.63, 3.8) is 0 Å². The monoisotopic (exact) mass is 186 g/mol. The Labute approximate surface area is 83.5 Å². The van der Waals surface area contributed by atoms with E-state index in [4.69, 9.17) is 16.3 Å². The molecule has 0 bridgehead atoms. The van der Waals surface area contributed by atoms with Gasteiger partial charge in [-0.25, -0.2) is 0 Å². The number of terminal acetylenes is 1. The number of phenolic OH excluding ortho intramolecular Hbond substituents is 1. The zero-order valence-corrected chi connectivity index (χ0v) is 7.66. The Morgan fingerprint density at radius 1 is 1.21 bits per heavy atom. The maximum absolute atomic E-state index is 8.98. The first kappa shape index (κ1) is 10.0. The van der Waals surface area contributed by atoms with Crippen molar-refractivity contribution < 1.29 is 9.84 Å². The lowest BCUT2D eigenvalue weighted by Crippen LogP contribution is -1.81. The van der Waals surface area contributed by atoms with E-state index in [0.717, 1.165) is 0 Å². The Hall–Kier alpha value is -2.06. The molecule has 1 N–H and O–H groups in total. The number of phenols is 1. The average molecular weight is 186 g/mol. The maximum Gasteiger partial charge on any atom is 0.140 e. The number of unbranched alkanes of at least 4 members (excludes halogenated alkanes) is 1. The molecule has 0 unspecified atom stereocenters. The molecule has 0 saturated heterocycles. The minimum atomic E-state index is 0.206. The van der Waals surface area contributed by atoms with E-state index in [9.17, 15) is 0 Å². The molecule has 0 aromatic heterocycles. The molecule has 1 aromatic rings. The van der Waals surface area contributed by atoms with Crippen molar-refractivity contribution in [1.29, 1.82) is 0 Å². The Bertz CT molecular complexity index is 374. The second-order valence-corrected chi connectivity index (χ2v) is 2.58. The molecule has 14 heavy (non-hydrogen) atoms. The van der Waals surface area contributed by atoms with E-state index >= 15 is 0 Å². The smallest absolute Gasteiger partial charge is 0.140 e. The average Bonchev–Trinajstić information content (AvgIpc) is 2.21. The topological polar surface area (TPSA) is 29.5 Å². The summed E-state index contributed by atoms with van der Waals surface area (Å²) >= 11 is 0. The third-order valence-corrected chi connectivity index (χ3v) is 1.47. The van der Waals surface area contributed by atoms with Crippen LogP contribution in [0.1, 0.15) is 12.8 Å². The molecule has 0 atom stereocenters. The predicted molar refractivity (Wildman–Crippen MR) is 54.6 cm³/mol. The van der Waals surface area contributed by atoms with Crippen molar-refractivity contribution in [1.82, 2.24) is 0 Å². The van der Waals surface area contributed by atoms with Crippen LogP contribution in [0.25, 0.3) is 0 Å². The van der Waals surface area contributed by atoms with Gasteiger partial charge in [0, 0.05) is 12.8 Å². The fourth-order valence-electron chi connectivity index (χ4n) is 0.795. The molecule has 0 heterocycles. The first-order chi connectivity index (χ1) is 6.83. The highest BCUT2D eigenvalue weighted by molar-refractivity contribution is 5.31. The summed E-state index contributed by atoms with van der Waals surface area (Å²) in [5, 5.41) is 8.98. The first-order valence-corrected chi connectivity index (χ1v) is 4.20. The summed E-state index contributed by atoms with van der Waals surface area (Å²) < 4.78 is 5.07. The standard InChI is InChI=1S/C12H10O2/c1-2-3-4-5-10-14-12-8-6-11(13)7-9-12/h1,6-9,13H,3-4H2. The van der Waals surface area contributed by atoms with Gasteiger partial charge < -0.3 is 9.84 Å². The summed E-state index contributed by atoms with van der Waals surface area (Å²) in [5.74, 6) is 6.07. The van der Waals surface area contributed by atoms with Crippen LogP contribution < -0.4 is 4.74 Å². The van der Waals surface area contributed by atoms with Crippen LogP contribution in [-0.2, 0) is 0 Å². The van der Waals surface area contributed by atoms with Crippen LogP contribution in [0.2, 0.25) is 0 Å². The summed E-state index contributed by atoms with van der Waals surface area (Å²) in [4.78, 5) is 0. The van der Waals surface area contributed by atoms with Crippen LogP contribution in [-0.4, -0.2) is 5.11 Å². The van der Waals surface area contributed by atoms with Crippen molar-refractivity contribution in [3.05, 3.63) is 24.3 Å². The number of aromatic hydroxyl groups is 1. The molecule has 0 radical (unpaired) electrons. The highest BCUT2D eigenvalue weighted by atomic mass is 16.5. The normalized spacial score (nSPS) is 8.21. The van der Waals surface area contributed by atoms with E-state index < -0.39 is 0 Å². The van der Waals surface area contributed by atoms with Crippen LogP contribution in [0, 0.1) is 24.4 Å². The van der Waals surface area contributed by atoms with Crippen LogP contribution in [0.3, 0.4) is 0 Å². The zero-order chi connectivity index (χ0) is 10.2. The third-order valence-electron chi connectivity index (χ3n) is 1.47. The third kappa shape index (κ3) is 3.56. The summed E-state index contributed by atoms with van der Waals surface area (Å²) in [6.07, 6.45) is 8.85. The number of rotatable bonds is 2. The van der Waals surface area contributed by atoms with Gasteiger partial charge >= 0.3 is 0 Å². The second kappa shape index (κ2) is 5.56. The van der Waals surface area contributed by atoms with Gasteiger partial charge in [-0.2, -0.15) is 0 Å². The quantitative estimate of drug-likeness (QED) is 0.566. The van der Waals surface area contributed by atoms with E-state index in [2.05, 4.69) is 17.9 Å². The molecular formula is C12H10O2. The van der Waals surface area contributed by atoms with Crippen molar-refractivity contribution in [2.45, 2.75) is 12.8 Å². The lowest BCUT2D eigenvalue weighted by Gasteiger charge is -1.95. The lowest BCUT2D eigenvalue weighted by atomic mass is 10.3. The van der Waals surface area contributed by atoms with Crippen LogP contribution in [0.5, 0.6) is 11.5 Å². The predicted octanol–water partition coefficient (Wildman–Crippen LogP) is 2.15. The van der Waals surface area contributed by atoms with Crippen LogP contribution in [0.15, 0.2) is 24.3 Å². The fraction of sp³-hybridized carbons (Fsp3) is 0.167. The maximum atomic E-state index is 8.98. The fourth-order valence-corrected chi connectivity index (χ4v) is 0.795. The summed E-state index contributed by atoms with van der Waals surface area (Å²) in [6, 6.07) is 6.37. The van der Waals surface area contributed by atoms with E-state index in [-0.39, 0.29) is 5.75 Å². The Morgan fingerprint density at radius 3 is 2.57 bits per heavy atom. The Balaban J connectivity index is 2.41. The van der Waals surface area contributed by atoms with Crippen molar-refractivity contribution in [2.24, 2.45) is 0 Å². The minimum absolute atomic E-state index is 0.206. The molecule has 0 saturated carbocycles. The minimum Gasteiger partial charge on any atom is -0.508 e. The van der Waals surface area contributed by atoms with Gasteiger partial charge in [0.1, 0.15) is 17.6 Å². The van der Waals surface area contributed by atoms with E-state index in [1.807, 2.05) is 0 Å². The van der Waals surface area contributed by atoms with Gasteiger partial charge in [-0.15, -0.1) is 12.3 Å². The van der Waals surface area contributed by atoms with Crippen LogP contribution in [0.4, 0.5) is 0 Å². The molecule has 0 spiro atoms. The molecule has 1 rings (SSSR count). The van der Waals surface area contributed by atoms with E-state index in [0.29, 0.717) is 18.6 Å². The Kier molecular flexibility index (Phi) is 3.98. The number of ether oxygens (including phenoxy) is 1. The summed E-state index contributed by atoms with van der Waals surface area (Å²) in [5.41, 5.74) is 0. The molecule has 2 nitrogen and oxygen atoms in total. The SMILES string of the molecule is C#CCCC#COc1ccc(O)cc1. The van der Waals surface area contributed by atoms with Gasteiger partial charge in [0.2, 0.25) is 0 Å². The van der Waals surface area contributed by atoms with Gasteiger partial charge in [-0.1, -0.05) is 5.92 Å². The number of benzene rings is 1.